The van der Waals surface area contributed by atoms with Crippen molar-refractivity contribution in [2.75, 3.05) is 6.61 Å². The summed E-state index contributed by atoms with van der Waals surface area (Å²) in [5.41, 5.74) is 4.01. The van der Waals surface area contributed by atoms with Gasteiger partial charge in [0.15, 0.2) is 0 Å². The van der Waals surface area contributed by atoms with E-state index in [0.717, 1.165) is 28.1 Å². The van der Waals surface area contributed by atoms with Crippen molar-refractivity contribution in [1.82, 2.24) is 14.0 Å². The van der Waals surface area contributed by atoms with E-state index in [0.29, 0.717) is 6.61 Å². The molecule has 0 saturated carbocycles. The molecule has 5 heteroatoms. The van der Waals surface area contributed by atoms with E-state index in [1.165, 1.54) is 0 Å². The van der Waals surface area contributed by atoms with Crippen LogP contribution < -0.4 is 0 Å². The summed E-state index contributed by atoms with van der Waals surface area (Å²) in [6.45, 7) is 2.33. The molecule has 0 saturated heterocycles. The van der Waals surface area contributed by atoms with Gasteiger partial charge >= 0.3 is 5.97 Å². The van der Waals surface area contributed by atoms with Crippen LogP contribution in [0.4, 0.5) is 0 Å². The van der Waals surface area contributed by atoms with Gasteiger partial charge in [-0.15, -0.1) is 0 Å². The Kier molecular flexibility index (Phi) is 3.54. The first-order valence-corrected chi connectivity index (χ1v) is 7.95. The van der Waals surface area contributed by atoms with Crippen LogP contribution in [-0.2, 0) is 16.1 Å². The summed E-state index contributed by atoms with van der Waals surface area (Å²) >= 11 is 0. The van der Waals surface area contributed by atoms with Gasteiger partial charge in [-0.3, -0.25) is 9.20 Å². The van der Waals surface area contributed by atoms with E-state index in [1.54, 1.807) is 0 Å². The molecule has 0 radical (unpaired) electrons. The lowest BCUT2D eigenvalue weighted by molar-refractivity contribution is -0.143. The molecule has 120 valence electrons. The van der Waals surface area contributed by atoms with Gasteiger partial charge in [0.25, 0.3) is 0 Å². The van der Waals surface area contributed by atoms with E-state index in [4.69, 9.17) is 9.72 Å². The molecule has 2 aromatic carbocycles. The van der Waals surface area contributed by atoms with E-state index in [2.05, 4.69) is 16.5 Å². The molecule has 0 aliphatic heterocycles. The van der Waals surface area contributed by atoms with Crippen molar-refractivity contribution in [3.05, 3.63) is 60.8 Å². The Morgan fingerprint density at radius 3 is 2.62 bits per heavy atom. The topological polar surface area (TPSA) is 48.5 Å². The molecule has 24 heavy (non-hydrogen) atoms. The average molecular weight is 319 g/mol. The number of nitrogens with zero attached hydrogens (tertiary/aromatic N) is 3. The Morgan fingerprint density at radius 1 is 1.08 bits per heavy atom. The molecular formula is C19H17N3O2. The van der Waals surface area contributed by atoms with Crippen LogP contribution in [0, 0.1) is 0 Å². The van der Waals surface area contributed by atoms with Crippen molar-refractivity contribution in [1.29, 1.82) is 0 Å². The molecule has 0 amide bonds. The predicted molar refractivity (Wildman–Crippen MR) is 92.8 cm³/mol. The summed E-state index contributed by atoms with van der Waals surface area (Å²) in [5, 5.41) is 0. The molecule has 0 unspecified atom stereocenters. The Labute approximate surface area is 139 Å². The molecule has 0 fully saturated rings. The Hall–Kier alpha value is -3.08. The van der Waals surface area contributed by atoms with Gasteiger partial charge in [0.05, 0.1) is 23.3 Å². The molecule has 0 spiro atoms. The zero-order valence-electron chi connectivity index (χ0n) is 13.3. The third-order valence-electron chi connectivity index (χ3n) is 3.99. The third-order valence-corrected chi connectivity index (χ3v) is 3.99. The normalized spacial score (nSPS) is 11.2. The third kappa shape index (κ3) is 2.34. The fourth-order valence-corrected chi connectivity index (χ4v) is 2.98. The highest BCUT2D eigenvalue weighted by Crippen LogP contribution is 2.27. The predicted octanol–water partition coefficient (Wildman–Crippen LogP) is 3.52. The first-order chi connectivity index (χ1) is 11.8. The number of carbonyl (C=O) groups excluding carboxylic acids is 1. The largest absolute Gasteiger partial charge is 0.465 e. The minimum atomic E-state index is -0.262. The summed E-state index contributed by atoms with van der Waals surface area (Å²) in [7, 11) is 0. The van der Waals surface area contributed by atoms with Crippen LogP contribution in [0.3, 0.4) is 0 Å². The number of carbonyl (C=O) groups is 1. The van der Waals surface area contributed by atoms with Gasteiger partial charge in [0.1, 0.15) is 6.54 Å². The maximum absolute atomic E-state index is 11.9. The van der Waals surface area contributed by atoms with Gasteiger partial charge < -0.3 is 9.30 Å². The van der Waals surface area contributed by atoms with Crippen molar-refractivity contribution in [3.63, 3.8) is 0 Å². The molecule has 2 aromatic heterocycles. The number of benzene rings is 2. The van der Waals surface area contributed by atoms with Crippen LogP contribution in [0.25, 0.3) is 28.1 Å². The van der Waals surface area contributed by atoms with Crippen molar-refractivity contribution in [3.8, 4) is 11.3 Å². The molecule has 0 N–H and O–H groups in total. The van der Waals surface area contributed by atoms with Crippen molar-refractivity contribution < 1.29 is 9.53 Å². The van der Waals surface area contributed by atoms with Gasteiger partial charge in [-0.05, 0) is 19.1 Å². The SMILES string of the molecule is CCOC(=O)Cn1cc(-c2ccccc2)n2c3ccccc3nc12. The van der Waals surface area contributed by atoms with E-state index < -0.39 is 0 Å². The Balaban J connectivity index is 1.95. The number of aromatic nitrogens is 3. The molecule has 0 aliphatic carbocycles. The monoisotopic (exact) mass is 319 g/mol. The summed E-state index contributed by atoms with van der Waals surface area (Å²) in [5.74, 6) is 0.477. The molecule has 4 rings (SSSR count). The second-order valence-electron chi connectivity index (χ2n) is 5.55. The number of hydrogen-bond donors (Lipinski definition) is 0. The van der Waals surface area contributed by atoms with Crippen molar-refractivity contribution in [2.45, 2.75) is 13.5 Å². The number of ether oxygens (including phenoxy) is 1. The summed E-state index contributed by atoms with van der Waals surface area (Å²) in [4.78, 5) is 16.6. The number of fused-ring (bicyclic) bond motifs is 3. The highest BCUT2D eigenvalue weighted by atomic mass is 16.5. The van der Waals surface area contributed by atoms with Gasteiger partial charge in [-0.25, -0.2) is 4.98 Å². The first-order valence-electron chi connectivity index (χ1n) is 7.95. The number of esters is 1. The zero-order valence-corrected chi connectivity index (χ0v) is 13.3. The summed E-state index contributed by atoms with van der Waals surface area (Å²) in [6, 6.07) is 18.1. The number of rotatable bonds is 4. The van der Waals surface area contributed by atoms with E-state index in [9.17, 15) is 4.79 Å². The second kappa shape index (κ2) is 5.85. The van der Waals surface area contributed by atoms with Crippen LogP contribution in [0.15, 0.2) is 60.8 Å². The quantitative estimate of drug-likeness (QED) is 0.541. The molecular weight excluding hydrogens is 302 g/mol. The fourth-order valence-electron chi connectivity index (χ4n) is 2.98. The minimum absolute atomic E-state index is 0.146. The highest BCUT2D eigenvalue weighted by Gasteiger charge is 2.17. The maximum Gasteiger partial charge on any atom is 0.326 e. The molecule has 0 atom stereocenters. The molecule has 0 bridgehead atoms. The van der Waals surface area contributed by atoms with Gasteiger partial charge in [0.2, 0.25) is 5.78 Å². The highest BCUT2D eigenvalue weighted by molar-refractivity contribution is 5.84. The smallest absolute Gasteiger partial charge is 0.326 e. The van der Waals surface area contributed by atoms with Crippen LogP contribution in [-0.4, -0.2) is 26.5 Å². The maximum atomic E-state index is 11.9. The van der Waals surface area contributed by atoms with Crippen molar-refractivity contribution in [2.24, 2.45) is 0 Å². The number of hydrogen-bond acceptors (Lipinski definition) is 3. The van der Waals surface area contributed by atoms with Crippen LogP contribution in [0.1, 0.15) is 6.92 Å². The van der Waals surface area contributed by atoms with Gasteiger partial charge in [-0.2, -0.15) is 0 Å². The van der Waals surface area contributed by atoms with Crippen molar-refractivity contribution >= 4 is 22.8 Å². The lowest BCUT2D eigenvalue weighted by atomic mass is 10.2. The van der Waals surface area contributed by atoms with E-state index in [-0.39, 0.29) is 12.5 Å². The number of para-hydroxylation sites is 2. The summed E-state index contributed by atoms with van der Waals surface area (Å²) < 4.78 is 9.02. The molecule has 4 aromatic rings. The Bertz CT molecular complexity index is 1020. The zero-order chi connectivity index (χ0) is 16.5. The van der Waals surface area contributed by atoms with Crippen LogP contribution >= 0.6 is 0 Å². The first kappa shape index (κ1) is 14.5. The standard InChI is InChI=1S/C19H17N3O2/c1-2-24-18(23)13-21-12-17(14-8-4-3-5-9-14)22-16-11-7-6-10-15(16)20-19(21)22/h3-12H,2,13H2,1H3. The van der Waals surface area contributed by atoms with Gasteiger partial charge in [0, 0.05) is 11.8 Å². The van der Waals surface area contributed by atoms with E-state index in [1.807, 2.05) is 60.2 Å². The van der Waals surface area contributed by atoms with Gasteiger partial charge in [-0.1, -0.05) is 42.5 Å². The average Bonchev–Trinajstić information content (AvgIpc) is 3.14. The summed E-state index contributed by atoms with van der Waals surface area (Å²) in [6.07, 6.45) is 1.96. The Morgan fingerprint density at radius 2 is 1.83 bits per heavy atom. The minimum Gasteiger partial charge on any atom is -0.465 e. The number of imidazole rings is 2. The second-order valence-corrected chi connectivity index (χ2v) is 5.55. The fraction of sp³-hybridized carbons (Fsp3) is 0.158. The van der Waals surface area contributed by atoms with E-state index >= 15 is 0 Å². The lowest BCUT2D eigenvalue weighted by Gasteiger charge is -2.02. The van der Waals surface area contributed by atoms with Crippen LogP contribution in [0.5, 0.6) is 0 Å². The molecule has 2 heterocycles. The van der Waals surface area contributed by atoms with Crippen LogP contribution in [0.2, 0.25) is 0 Å². The lowest BCUT2D eigenvalue weighted by Crippen LogP contribution is -2.12. The molecule has 0 aliphatic rings. The molecule has 5 nitrogen and oxygen atoms in total.